The molecule has 0 aliphatic carbocycles. The Hall–Kier alpha value is -7.25. The molecule has 3 aliphatic rings. The van der Waals surface area contributed by atoms with Crippen LogP contribution in [0.1, 0.15) is 70.7 Å². The summed E-state index contributed by atoms with van der Waals surface area (Å²) in [7, 11) is 1.49. The quantitative estimate of drug-likeness (QED) is 0.125. The summed E-state index contributed by atoms with van der Waals surface area (Å²) in [6.07, 6.45) is 6.94. The number of likely N-dealkylation sites (tertiary alicyclic amines) is 2. The first-order chi connectivity index (χ1) is 31.5. The predicted octanol–water partition coefficient (Wildman–Crippen LogP) is 5.01. The second-order valence-electron chi connectivity index (χ2n) is 16.0. The fourth-order valence-electron chi connectivity index (χ4n) is 8.15. The summed E-state index contributed by atoms with van der Waals surface area (Å²) in [4.78, 5) is 78.9. The van der Waals surface area contributed by atoms with Crippen molar-refractivity contribution in [3.63, 3.8) is 0 Å². The summed E-state index contributed by atoms with van der Waals surface area (Å²) >= 11 is 0. The number of nitrogen functional groups attached to an aromatic ring is 1. The smallest absolute Gasteiger partial charge is 0.361 e. The van der Waals surface area contributed by atoms with Crippen molar-refractivity contribution < 1.29 is 42.6 Å². The monoisotopic (exact) mass is 888 g/mol. The average Bonchev–Trinajstić information content (AvgIpc) is 3.82. The van der Waals surface area contributed by atoms with Gasteiger partial charge in [0.2, 0.25) is 12.0 Å². The van der Waals surface area contributed by atoms with Crippen LogP contribution in [0.3, 0.4) is 0 Å². The minimum atomic E-state index is -1.37. The van der Waals surface area contributed by atoms with Crippen molar-refractivity contribution in [2.24, 2.45) is 0 Å². The number of aromatic nitrogens is 4. The van der Waals surface area contributed by atoms with Crippen LogP contribution in [0, 0.1) is 5.82 Å². The van der Waals surface area contributed by atoms with Crippen LogP contribution in [0.4, 0.5) is 26.4 Å². The number of carbonyl (C=O) groups is 5. The number of rotatable bonds is 14. The lowest BCUT2D eigenvalue weighted by Gasteiger charge is -2.34. The second-order valence-corrected chi connectivity index (χ2v) is 16.0. The molecule has 338 valence electrons. The highest BCUT2D eigenvalue weighted by Crippen LogP contribution is 2.32. The first-order valence-corrected chi connectivity index (χ1v) is 21.4. The van der Waals surface area contributed by atoms with Crippen molar-refractivity contribution in [1.29, 1.82) is 0 Å². The summed E-state index contributed by atoms with van der Waals surface area (Å²) < 4.78 is 32.8. The number of amides is 5. The fraction of sp³-hybridized carbons (Fsp3) is 0.348. The Balaban J connectivity index is 0.797. The third kappa shape index (κ3) is 10.6. The number of nitrogens with two attached hydrogens (primary N) is 1. The van der Waals surface area contributed by atoms with E-state index in [2.05, 4.69) is 30.6 Å². The minimum absolute atomic E-state index is 0.0384. The number of nitrogens with zero attached hydrogens (tertiary/aromatic N) is 7. The van der Waals surface area contributed by atoms with Gasteiger partial charge in [-0.1, -0.05) is 30.3 Å². The highest BCUT2D eigenvalue weighted by atomic mass is 19.1. The topological polar surface area (TPSA) is 216 Å². The highest BCUT2D eigenvalue weighted by Gasteiger charge is 2.31. The van der Waals surface area contributed by atoms with Gasteiger partial charge in [-0.3, -0.25) is 29.3 Å². The van der Waals surface area contributed by atoms with E-state index in [1.165, 1.54) is 42.5 Å². The Kier molecular flexibility index (Phi) is 13.7. The van der Waals surface area contributed by atoms with Gasteiger partial charge in [0.05, 0.1) is 49.6 Å². The van der Waals surface area contributed by atoms with Crippen LogP contribution in [-0.4, -0.2) is 118 Å². The minimum Gasteiger partial charge on any atom is -0.495 e. The van der Waals surface area contributed by atoms with Gasteiger partial charge >= 0.3 is 12.0 Å². The van der Waals surface area contributed by atoms with Crippen molar-refractivity contribution in [2.75, 3.05) is 68.9 Å². The van der Waals surface area contributed by atoms with Crippen molar-refractivity contribution in [2.45, 2.75) is 50.4 Å². The lowest BCUT2D eigenvalue weighted by Crippen LogP contribution is -2.49. The molecular formula is C46H49FN10O8. The molecule has 3 fully saturated rings. The van der Waals surface area contributed by atoms with Crippen molar-refractivity contribution >= 4 is 46.9 Å². The maximum absolute atomic E-state index is 13.5. The van der Waals surface area contributed by atoms with Gasteiger partial charge in [0.25, 0.3) is 11.8 Å². The van der Waals surface area contributed by atoms with Gasteiger partial charge < -0.3 is 35.1 Å². The van der Waals surface area contributed by atoms with Crippen LogP contribution < -0.4 is 26.0 Å². The van der Waals surface area contributed by atoms with Crippen LogP contribution in [0.5, 0.6) is 5.75 Å². The average molecular weight is 889 g/mol. The molecule has 1 atom stereocenters. The van der Waals surface area contributed by atoms with Crippen molar-refractivity contribution in [3.05, 3.63) is 114 Å². The molecule has 0 saturated carbocycles. The predicted molar refractivity (Wildman–Crippen MR) is 235 cm³/mol. The number of halogens is 1. The van der Waals surface area contributed by atoms with Crippen LogP contribution >= 0.6 is 0 Å². The zero-order valence-electron chi connectivity index (χ0n) is 35.7. The van der Waals surface area contributed by atoms with Gasteiger partial charge in [0.15, 0.2) is 11.5 Å². The maximum Gasteiger partial charge on any atom is 0.361 e. The first kappa shape index (κ1) is 44.4. The van der Waals surface area contributed by atoms with Gasteiger partial charge in [-0.05, 0) is 68.1 Å². The highest BCUT2D eigenvalue weighted by molar-refractivity contribution is 6.07. The van der Waals surface area contributed by atoms with E-state index in [0.717, 1.165) is 32.5 Å². The summed E-state index contributed by atoms with van der Waals surface area (Å²) in [6, 6.07) is 18.3. The van der Waals surface area contributed by atoms with E-state index in [4.69, 9.17) is 19.9 Å². The lowest BCUT2D eigenvalue weighted by molar-refractivity contribution is -0.125. The van der Waals surface area contributed by atoms with Crippen LogP contribution in [0.2, 0.25) is 0 Å². The van der Waals surface area contributed by atoms with Gasteiger partial charge in [0, 0.05) is 74.3 Å². The van der Waals surface area contributed by atoms with Gasteiger partial charge in [-0.15, -0.1) is 0 Å². The molecule has 18 nitrogen and oxygen atoms in total. The van der Waals surface area contributed by atoms with E-state index in [0.29, 0.717) is 72.0 Å². The Morgan fingerprint density at radius 2 is 1.69 bits per heavy atom. The molecule has 0 unspecified atom stereocenters. The summed E-state index contributed by atoms with van der Waals surface area (Å²) in [5, 5.41) is 9.59. The van der Waals surface area contributed by atoms with E-state index >= 15 is 0 Å². The molecule has 3 aliphatic heterocycles. The van der Waals surface area contributed by atoms with Crippen LogP contribution in [-0.2, 0) is 19.1 Å². The maximum atomic E-state index is 13.5. The third-order valence-corrected chi connectivity index (χ3v) is 11.8. The third-order valence-electron chi connectivity index (χ3n) is 11.8. The Bertz CT molecular complexity index is 2520. The van der Waals surface area contributed by atoms with Crippen LogP contribution in [0.15, 0.2) is 91.4 Å². The molecule has 0 radical (unpaired) electrons. The normalized spacial score (nSPS) is 16.8. The largest absolute Gasteiger partial charge is 0.495 e. The molecule has 3 aromatic carbocycles. The molecule has 8 rings (SSSR count). The number of piperidine rings is 2. The molecule has 65 heavy (non-hydrogen) atoms. The number of ether oxygens (including phenoxy) is 3. The molecule has 5 heterocycles. The molecule has 5 aromatic rings. The number of carbonyl (C=O) groups excluding carboxylic acids is 5. The number of urea groups is 1. The molecule has 19 heteroatoms. The van der Waals surface area contributed by atoms with E-state index in [1.54, 1.807) is 59.6 Å². The van der Waals surface area contributed by atoms with E-state index in [9.17, 15) is 28.4 Å². The number of methoxy groups -OCH3 is 1. The first-order valence-electron chi connectivity index (χ1n) is 21.4. The molecular weight excluding hydrogens is 840 g/mol. The van der Waals surface area contributed by atoms with E-state index in [1.807, 2.05) is 10.9 Å². The summed E-state index contributed by atoms with van der Waals surface area (Å²) in [5.41, 5.74) is 8.44. The summed E-state index contributed by atoms with van der Waals surface area (Å²) in [6.45, 7) is 4.34. The number of hydrogen-bond acceptors (Lipinski definition) is 13. The molecule has 0 bridgehead atoms. The summed E-state index contributed by atoms with van der Waals surface area (Å²) in [5.74, 6) is -2.27. The standard InChI is InChI=1S/C46H49FN10O8/c1-63-38-12-7-30(25-37(38)56-22-17-39(58)53-46(56)62)44(60)55-20-15-35(16-21-55)64-24-23-54-18-13-34(14-19-54)57-28-31(26-50-57)36-27-49-42(48)40(52-36)45(61)65-41(29-5-3-2-4-6-29)43(59)51-33-10-8-32(47)9-11-33/h2-12,25-28,34-35,41H,13-24H2,1H3,(H2,48,49)(H,51,59)(H,53,58,62)/t41-/m1/s1. The van der Waals surface area contributed by atoms with Crippen LogP contribution in [0.25, 0.3) is 11.3 Å². The number of imide groups is 1. The van der Waals surface area contributed by atoms with Gasteiger partial charge in [-0.2, -0.15) is 5.10 Å². The number of anilines is 3. The Morgan fingerprint density at radius 1 is 0.938 bits per heavy atom. The van der Waals surface area contributed by atoms with Crippen molar-refractivity contribution in [3.8, 4) is 17.0 Å². The van der Waals surface area contributed by atoms with E-state index < -0.39 is 29.8 Å². The molecule has 4 N–H and O–H groups in total. The molecule has 2 aromatic heterocycles. The number of esters is 1. The lowest BCUT2D eigenvalue weighted by atomic mass is 10.0. The molecule has 0 spiro atoms. The van der Waals surface area contributed by atoms with Gasteiger partial charge in [-0.25, -0.2) is 23.9 Å². The number of benzene rings is 3. The van der Waals surface area contributed by atoms with Crippen molar-refractivity contribution in [1.82, 2.24) is 34.9 Å². The Morgan fingerprint density at radius 3 is 2.42 bits per heavy atom. The molecule has 3 saturated heterocycles. The zero-order valence-corrected chi connectivity index (χ0v) is 35.7. The number of hydrogen-bond donors (Lipinski definition) is 3. The number of nitrogens with one attached hydrogen (secondary N) is 2. The SMILES string of the molecule is COc1ccc(C(=O)N2CCC(OCCN3CCC(n4cc(-c5cnc(N)c(C(=O)O[C@@H](C(=O)Nc6ccc(F)cc6)c6ccccc6)n5)cn4)CC3)CC2)cc1N1CCC(=O)NC1=O. The Labute approximate surface area is 373 Å². The fourth-order valence-corrected chi connectivity index (χ4v) is 8.15. The van der Waals surface area contributed by atoms with E-state index in [-0.39, 0.29) is 48.4 Å². The second kappa shape index (κ2) is 20.1. The zero-order chi connectivity index (χ0) is 45.5. The van der Waals surface area contributed by atoms with Gasteiger partial charge in [0.1, 0.15) is 11.6 Å². The molecule has 5 amide bonds.